The first-order chi connectivity index (χ1) is 18.0. The van der Waals surface area contributed by atoms with E-state index in [4.69, 9.17) is 4.74 Å². The van der Waals surface area contributed by atoms with E-state index in [2.05, 4.69) is 20.9 Å². The number of benzene rings is 2. The van der Waals surface area contributed by atoms with Gasteiger partial charge in [0.1, 0.15) is 17.1 Å². The van der Waals surface area contributed by atoms with Gasteiger partial charge in [-0.25, -0.2) is 4.79 Å². The lowest BCUT2D eigenvalue weighted by Crippen LogP contribution is -2.45. The van der Waals surface area contributed by atoms with Crippen LogP contribution < -0.4 is 16.0 Å². The van der Waals surface area contributed by atoms with E-state index in [0.717, 1.165) is 74.4 Å². The third kappa shape index (κ3) is 5.74. The summed E-state index contributed by atoms with van der Waals surface area (Å²) in [5.41, 5.74) is -0.152. The van der Waals surface area contributed by atoms with Crippen molar-refractivity contribution in [2.75, 3.05) is 0 Å². The van der Waals surface area contributed by atoms with Crippen molar-refractivity contribution in [3.8, 4) is 17.4 Å². The average molecular weight is 566 g/mol. The van der Waals surface area contributed by atoms with Crippen LogP contribution in [0.25, 0.3) is 0 Å². The molecule has 1 aromatic heterocycles. The summed E-state index contributed by atoms with van der Waals surface area (Å²) in [6.07, 6.45) is 10.9. The lowest BCUT2D eigenvalue weighted by molar-refractivity contribution is 0.271. The number of aromatic hydroxyl groups is 1. The largest absolute Gasteiger partial charge is 0.494 e. The van der Waals surface area contributed by atoms with E-state index in [-0.39, 0.29) is 29.2 Å². The number of rotatable bonds is 6. The van der Waals surface area contributed by atoms with E-state index in [1.807, 2.05) is 24.3 Å². The van der Waals surface area contributed by atoms with E-state index in [1.165, 1.54) is 15.3 Å². The van der Waals surface area contributed by atoms with Gasteiger partial charge in [-0.15, -0.1) is 0 Å². The zero-order valence-corrected chi connectivity index (χ0v) is 22.4. The molecule has 5 rings (SSSR count). The fourth-order valence-electron chi connectivity index (χ4n) is 5.47. The number of ether oxygens (including phenoxy) is 1. The molecule has 0 radical (unpaired) electrons. The summed E-state index contributed by atoms with van der Waals surface area (Å²) in [5.74, 6) is 1.11. The van der Waals surface area contributed by atoms with Crippen molar-refractivity contribution in [3.05, 3.63) is 79.4 Å². The summed E-state index contributed by atoms with van der Waals surface area (Å²) in [6.45, 7) is 0. The Bertz CT molecular complexity index is 1360. The zero-order chi connectivity index (χ0) is 25.8. The molecule has 194 valence electrons. The molecule has 3 aromatic rings. The molecule has 0 aliphatic heterocycles. The molecule has 1 heterocycles. The molecule has 7 nitrogen and oxygen atoms in total. The molecule has 37 heavy (non-hydrogen) atoms. The van der Waals surface area contributed by atoms with Gasteiger partial charge in [0.25, 0.3) is 5.56 Å². The van der Waals surface area contributed by atoms with Crippen LogP contribution in [0.1, 0.15) is 81.9 Å². The van der Waals surface area contributed by atoms with Gasteiger partial charge in [0.05, 0.1) is 5.69 Å². The number of nitrogens with zero attached hydrogens (tertiary/aromatic N) is 3. The second-order valence-electron chi connectivity index (χ2n) is 9.96. The molecule has 0 unspecified atom stereocenters. The predicted molar refractivity (Wildman–Crippen MR) is 149 cm³/mol. The van der Waals surface area contributed by atoms with Crippen molar-refractivity contribution in [2.45, 2.75) is 76.3 Å². The van der Waals surface area contributed by atoms with Crippen LogP contribution in [-0.4, -0.2) is 20.5 Å². The minimum atomic E-state index is -0.458. The molecular weight excluding hydrogens is 534 g/mol. The Balaban J connectivity index is 1.46. The standard InChI is InChI=1S/C29H32BrN3O4/c30-20-11-15-24(16-12-20)37-25-17-13-21(14-18-25)31-19-26-27(34)32(22-7-3-1-4-8-22)29(36)33(28(26)35)23-9-5-2-6-10-23/h11-19,22-23,34H,1-10H2. The second kappa shape index (κ2) is 11.5. The third-order valence-corrected chi connectivity index (χ3v) is 7.97. The molecule has 8 heteroatoms. The Labute approximate surface area is 224 Å². The maximum absolute atomic E-state index is 13.5. The monoisotopic (exact) mass is 565 g/mol. The van der Waals surface area contributed by atoms with Gasteiger partial charge in [-0.1, -0.05) is 54.5 Å². The van der Waals surface area contributed by atoms with Gasteiger partial charge in [-0.3, -0.25) is 18.9 Å². The van der Waals surface area contributed by atoms with E-state index in [9.17, 15) is 14.7 Å². The Hall–Kier alpha value is -3.13. The first kappa shape index (κ1) is 25.5. The molecule has 0 amide bonds. The highest BCUT2D eigenvalue weighted by atomic mass is 79.9. The molecule has 2 saturated carbocycles. The fourth-order valence-corrected chi connectivity index (χ4v) is 5.73. The summed E-state index contributed by atoms with van der Waals surface area (Å²) in [5, 5.41) is 11.2. The van der Waals surface area contributed by atoms with Crippen molar-refractivity contribution < 1.29 is 9.84 Å². The Morgan fingerprint density at radius 3 is 1.86 bits per heavy atom. The van der Waals surface area contributed by atoms with Crippen LogP contribution in [0.5, 0.6) is 17.4 Å². The van der Waals surface area contributed by atoms with Gasteiger partial charge in [0, 0.05) is 22.8 Å². The van der Waals surface area contributed by atoms with Gasteiger partial charge >= 0.3 is 5.69 Å². The molecule has 2 fully saturated rings. The second-order valence-corrected chi connectivity index (χ2v) is 10.9. The summed E-state index contributed by atoms with van der Waals surface area (Å²) in [6, 6.07) is 14.5. The van der Waals surface area contributed by atoms with Crippen molar-refractivity contribution >= 4 is 27.8 Å². The number of hydrogen-bond acceptors (Lipinski definition) is 5. The van der Waals surface area contributed by atoms with Gasteiger partial charge in [-0.05, 0) is 74.2 Å². The first-order valence-electron chi connectivity index (χ1n) is 13.2. The summed E-state index contributed by atoms with van der Waals surface area (Å²) in [7, 11) is 0. The molecular formula is C29H32BrN3O4. The molecule has 2 aromatic carbocycles. The lowest BCUT2D eigenvalue weighted by Gasteiger charge is -2.29. The minimum absolute atomic E-state index is 0.0749. The fraction of sp³-hybridized carbons (Fsp3) is 0.414. The maximum Gasteiger partial charge on any atom is 0.334 e. The van der Waals surface area contributed by atoms with Crippen LogP contribution in [0.4, 0.5) is 5.69 Å². The van der Waals surface area contributed by atoms with E-state index in [1.54, 1.807) is 24.3 Å². The lowest BCUT2D eigenvalue weighted by atomic mass is 9.94. The highest BCUT2D eigenvalue weighted by molar-refractivity contribution is 9.10. The highest BCUT2D eigenvalue weighted by Gasteiger charge is 2.28. The maximum atomic E-state index is 13.5. The smallest absolute Gasteiger partial charge is 0.334 e. The van der Waals surface area contributed by atoms with Gasteiger partial charge in [-0.2, -0.15) is 0 Å². The van der Waals surface area contributed by atoms with Crippen LogP contribution in [0.15, 0.2) is 67.6 Å². The van der Waals surface area contributed by atoms with Gasteiger partial charge in [0.2, 0.25) is 5.88 Å². The van der Waals surface area contributed by atoms with Crippen molar-refractivity contribution in [2.24, 2.45) is 4.99 Å². The molecule has 2 aliphatic rings. The Morgan fingerprint density at radius 1 is 0.784 bits per heavy atom. The SMILES string of the molecule is O=c1c(C=Nc2ccc(Oc3ccc(Br)cc3)cc2)c(O)n(C2CCCCC2)c(=O)n1C1CCCCC1. The van der Waals surface area contributed by atoms with E-state index in [0.29, 0.717) is 11.4 Å². The third-order valence-electron chi connectivity index (χ3n) is 7.44. The summed E-state index contributed by atoms with van der Waals surface area (Å²) in [4.78, 5) is 31.6. The van der Waals surface area contributed by atoms with Crippen LogP contribution in [0.3, 0.4) is 0 Å². The van der Waals surface area contributed by atoms with Crippen molar-refractivity contribution in [1.82, 2.24) is 9.13 Å². The highest BCUT2D eigenvalue weighted by Crippen LogP contribution is 2.32. The van der Waals surface area contributed by atoms with E-state index < -0.39 is 5.56 Å². The van der Waals surface area contributed by atoms with Crippen molar-refractivity contribution in [1.29, 1.82) is 0 Å². The normalized spacial score (nSPS) is 17.3. The average Bonchev–Trinajstić information content (AvgIpc) is 2.92. The number of halogens is 1. The molecule has 0 bridgehead atoms. The van der Waals surface area contributed by atoms with Crippen LogP contribution in [-0.2, 0) is 0 Å². The van der Waals surface area contributed by atoms with Crippen molar-refractivity contribution in [3.63, 3.8) is 0 Å². The van der Waals surface area contributed by atoms with E-state index >= 15 is 0 Å². The van der Waals surface area contributed by atoms with Crippen LogP contribution in [0, 0.1) is 0 Å². The molecule has 0 saturated heterocycles. The molecule has 0 spiro atoms. The Morgan fingerprint density at radius 2 is 1.30 bits per heavy atom. The van der Waals surface area contributed by atoms with Gasteiger partial charge in [0.15, 0.2) is 0 Å². The quantitative estimate of drug-likeness (QED) is 0.325. The summed E-state index contributed by atoms with van der Waals surface area (Å²) >= 11 is 3.41. The Kier molecular flexibility index (Phi) is 7.93. The summed E-state index contributed by atoms with van der Waals surface area (Å²) < 4.78 is 9.70. The topological polar surface area (TPSA) is 85.8 Å². The number of aliphatic imine (C=N–C) groups is 1. The number of hydrogen-bond donors (Lipinski definition) is 1. The molecule has 2 aliphatic carbocycles. The minimum Gasteiger partial charge on any atom is -0.494 e. The molecule has 0 atom stereocenters. The molecule has 1 N–H and O–H groups in total. The van der Waals surface area contributed by atoms with Crippen LogP contribution in [0.2, 0.25) is 0 Å². The van der Waals surface area contributed by atoms with Crippen LogP contribution >= 0.6 is 15.9 Å². The predicted octanol–water partition coefficient (Wildman–Crippen LogP) is 7.03. The first-order valence-corrected chi connectivity index (χ1v) is 14.0. The zero-order valence-electron chi connectivity index (χ0n) is 20.8. The van der Waals surface area contributed by atoms with Gasteiger partial charge < -0.3 is 9.84 Å². The number of aromatic nitrogens is 2.